The first-order valence-electron chi connectivity index (χ1n) is 7.19. The molecule has 0 aromatic heterocycles. The van der Waals surface area contributed by atoms with E-state index in [0.29, 0.717) is 6.42 Å². The molecule has 1 aliphatic rings. The van der Waals surface area contributed by atoms with Crippen LogP contribution in [0.4, 0.5) is 4.79 Å². The van der Waals surface area contributed by atoms with Crippen molar-refractivity contribution in [2.24, 2.45) is 11.8 Å². The molecule has 1 heterocycles. The molecule has 1 aliphatic heterocycles. The third-order valence-corrected chi connectivity index (χ3v) is 3.33. The highest BCUT2D eigenvalue weighted by atomic mass is 16.6. The lowest BCUT2D eigenvalue weighted by Gasteiger charge is -2.23. The molecule has 21 heavy (non-hydrogen) atoms. The van der Waals surface area contributed by atoms with Crippen molar-refractivity contribution >= 4 is 12.1 Å². The minimum absolute atomic E-state index is 0.0189. The molecule has 1 unspecified atom stereocenters. The number of carbonyl (C=O) groups is 2. The first-order chi connectivity index (χ1) is 9.73. The second-order valence-electron chi connectivity index (χ2n) is 6.29. The summed E-state index contributed by atoms with van der Waals surface area (Å²) >= 11 is 0. The van der Waals surface area contributed by atoms with Gasteiger partial charge in [0.25, 0.3) is 0 Å². The number of carbonyl (C=O) groups excluding carboxylic acids is 2. The van der Waals surface area contributed by atoms with E-state index in [2.05, 4.69) is 10.6 Å². The summed E-state index contributed by atoms with van der Waals surface area (Å²) in [6.45, 7) is 6.16. The third kappa shape index (κ3) is 6.31. The minimum Gasteiger partial charge on any atom is -0.469 e. The van der Waals surface area contributed by atoms with E-state index in [4.69, 9.17) is 9.47 Å². The van der Waals surface area contributed by atoms with Gasteiger partial charge in [0.2, 0.25) is 0 Å². The van der Waals surface area contributed by atoms with Crippen molar-refractivity contribution in [3.63, 3.8) is 0 Å². The number of methoxy groups -OCH3 is 1. The molecule has 3 atom stereocenters. The largest absolute Gasteiger partial charge is 0.469 e. The van der Waals surface area contributed by atoms with E-state index in [1.807, 2.05) is 0 Å². The van der Waals surface area contributed by atoms with Gasteiger partial charge in [-0.25, -0.2) is 4.79 Å². The Morgan fingerprint density at radius 1 is 1.43 bits per heavy atom. The van der Waals surface area contributed by atoms with Crippen molar-refractivity contribution in [1.29, 1.82) is 0 Å². The highest BCUT2D eigenvalue weighted by Gasteiger charge is 2.31. The number of ether oxygens (including phenoxy) is 2. The van der Waals surface area contributed by atoms with Crippen LogP contribution in [0.5, 0.6) is 0 Å². The molecule has 1 fully saturated rings. The number of aliphatic hydroxyl groups is 1. The molecule has 0 saturated carbocycles. The number of hydrogen-bond donors (Lipinski definition) is 3. The molecule has 3 N–H and O–H groups in total. The molecule has 1 rings (SSSR count). The van der Waals surface area contributed by atoms with Gasteiger partial charge in [0, 0.05) is 12.5 Å². The summed E-state index contributed by atoms with van der Waals surface area (Å²) < 4.78 is 9.89. The van der Waals surface area contributed by atoms with Crippen molar-refractivity contribution in [2.75, 3.05) is 20.2 Å². The van der Waals surface area contributed by atoms with Crippen molar-refractivity contribution in [1.82, 2.24) is 10.6 Å². The summed E-state index contributed by atoms with van der Waals surface area (Å²) in [5.74, 6) is -0.915. The predicted molar refractivity (Wildman–Crippen MR) is 76.5 cm³/mol. The standard InChI is InChI=1S/C14H26N2O5/c1-14(2,3)21-13(19)16-8-10(12(18)20-4)7-9-5-6-15-11(9)17/h9-11,15,17H,5-8H2,1-4H3,(H,16,19)/t9?,10-,11-/m0/s1. The van der Waals surface area contributed by atoms with Crippen LogP contribution in [0.2, 0.25) is 0 Å². The summed E-state index contributed by atoms with van der Waals surface area (Å²) in [5, 5.41) is 15.2. The molecule has 1 amide bonds. The van der Waals surface area contributed by atoms with E-state index >= 15 is 0 Å². The van der Waals surface area contributed by atoms with Gasteiger partial charge in [-0.2, -0.15) is 0 Å². The summed E-state index contributed by atoms with van der Waals surface area (Å²) in [6.07, 6.45) is 0.0674. The maximum Gasteiger partial charge on any atom is 0.407 e. The molecule has 0 aromatic rings. The Morgan fingerprint density at radius 3 is 2.57 bits per heavy atom. The Hall–Kier alpha value is -1.34. The van der Waals surface area contributed by atoms with Gasteiger partial charge in [-0.1, -0.05) is 0 Å². The second-order valence-corrected chi connectivity index (χ2v) is 6.29. The average Bonchev–Trinajstić information content (AvgIpc) is 2.77. The van der Waals surface area contributed by atoms with Gasteiger partial charge in [0.1, 0.15) is 11.8 Å². The van der Waals surface area contributed by atoms with Crippen LogP contribution in [0.3, 0.4) is 0 Å². The number of nitrogens with one attached hydrogen (secondary N) is 2. The molecule has 7 nitrogen and oxygen atoms in total. The lowest BCUT2D eigenvalue weighted by Crippen LogP contribution is -2.39. The molecule has 0 bridgehead atoms. The summed E-state index contributed by atoms with van der Waals surface area (Å²) in [7, 11) is 1.31. The van der Waals surface area contributed by atoms with Gasteiger partial charge in [0.05, 0.1) is 13.0 Å². The maximum absolute atomic E-state index is 11.8. The molecule has 1 saturated heterocycles. The van der Waals surface area contributed by atoms with E-state index in [9.17, 15) is 14.7 Å². The Labute approximate surface area is 125 Å². The van der Waals surface area contributed by atoms with Crippen LogP contribution in [0, 0.1) is 11.8 Å². The number of hydrogen-bond acceptors (Lipinski definition) is 6. The van der Waals surface area contributed by atoms with Gasteiger partial charge in [-0.3, -0.25) is 10.1 Å². The lowest BCUT2D eigenvalue weighted by molar-refractivity contribution is -0.146. The normalized spacial score (nSPS) is 23.5. The summed E-state index contributed by atoms with van der Waals surface area (Å²) in [5.41, 5.74) is -0.587. The Morgan fingerprint density at radius 2 is 2.10 bits per heavy atom. The van der Waals surface area contributed by atoms with Crippen LogP contribution in [0.25, 0.3) is 0 Å². The third-order valence-electron chi connectivity index (χ3n) is 3.33. The fourth-order valence-corrected chi connectivity index (χ4v) is 2.30. The zero-order valence-corrected chi connectivity index (χ0v) is 13.1. The first-order valence-corrected chi connectivity index (χ1v) is 7.19. The number of esters is 1. The number of rotatable bonds is 5. The number of aliphatic hydroxyl groups excluding tert-OH is 1. The lowest BCUT2D eigenvalue weighted by atomic mass is 9.92. The van der Waals surface area contributed by atoms with Gasteiger partial charge >= 0.3 is 12.1 Å². The van der Waals surface area contributed by atoms with Crippen molar-refractivity contribution in [2.45, 2.75) is 45.4 Å². The smallest absolute Gasteiger partial charge is 0.407 e. The number of alkyl carbamates (subject to hydrolysis) is 1. The monoisotopic (exact) mass is 302 g/mol. The fraction of sp³-hybridized carbons (Fsp3) is 0.857. The highest BCUT2D eigenvalue weighted by Crippen LogP contribution is 2.23. The van der Waals surface area contributed by atoms with Gasteiger partial charge < -0.3 is 19.9 Å². The van der Waals surface area contributed by atoms with Crippen LogP contribution < -0.4 is 10.6 Å². The highest BCUT2D eigenvalue weighted by molar-refractivity contribution is 5.74. The van der Waals surface area contributed by atoms with Crippen LogP contribution >= 0.6 is 0 Å². The van der Waals surface area contributed by atoms with Crippen LogP contribution in [-0.4, -0.2) is 49.2 Å². The first kappa shape index (κ1) is 17.7. The zero-order valence-electron chi connectivity index (χ0n) is 13.1. The van der Waals surface area contributed by atoms with E-state index in [1.54, 1.807) is 20.8 Å². The van der Waals surface area contributed by atoms with Crippen molar-refractivity contribution in [3.05, 3.63) is 0 Å². The molecule has 7 heteroatoms. The molecule has 0 aromatic carbocycles. The van der Waals surface area contributed by atoms with Crippen LogP contribution in [0.1, 0.15) is 33.6 Å². The Balaban J connectivity index is 2.50. The number of amides is 1. The van der Waals surface area contributed by atoms with Crippen molar-refractivity contribution in [3.8, 4) is 0 Å². The van der Waals surface area contributed by atoms with Crippen molar-refractivity contribution < 1.29 is 24.2 Å². The molecule has 0 radical (unpaired) electrons. The van der Waals surface area contributed by atoms with Gasteiger partial charge in [0.15, 0.2) is 0 Å². The summed E-state index contributed by atoms with van der Waals surface area (Å²) in [6, 6.07) is 0. The van der Waals surface area contributed by atoms with E-state index in [0.717, 1.165) is 13.0 Å². The second kappa shape index (κ2) is 7.61. The molecule has 122 valence electrons. The Kier molecular flexibility index (Phi) is 6.42. The quantitative estimate of drug-likeness (QED) is 0.644. The van der Waals surface area contributed by atoms with Crippen LogP contribution in [-0.2, 0) is 14.3 Å². The van der Waals surface area contributed by atoms with E-state index in [1.165, 1.54) is 7.11 Å². The van der Waals surface area contributed by atoms with E-state index < -0.39 is 29.8 Å². The predicted octanol–water partition coefficient (Wildman–Crippen LogP) is 0.618. The topological polar surface area (TPSA) is 96.9 Å². The van der Waals surface area contributed by atoms with Gasteiger partial charge in [-0.15, -0.1) is 0 Å². The maximum atomic E-state index is 11.8. The SMILES string of the molecule is COC(=O)[C@H](CNC(=O)OC(C)(C)C)CC1CCN[C@H]1O. The molecular formula is C14H26N2O5. The zero-order chi connectivity index (χ0) is 16.0. The summed E-state index contributed by atoms with van der Waals surface area (Å²) in [4.78, 5) is 23.4. The van der Waals surface area contributed by atoms with E-state index in [-0.39, 0.29) is 12.5 Å². The molecular weight excluding hydrogens is 276 g/mol. The molecule has 0 aliphatic carbocycles. The van der Waals surface area contributed by atoms with Crippen LogP contribution in [0.15, 0.2) is 0 Å². The average molecular weight is 302 g/mol. The minimum atomic E-state index is -0.612. The fourth-order valence-electron chi connectivity index (χ4n) is 2.30. The van der Waals surface area contributed by atoms with Gasteiger partial charge in [-0.05, 0) is 40.2 Å². The Bertz CT molecular complexity index is 367. The molecule has 0 spiro atoms.